The molecule has 0 spiro atoms. The maximum Gasteiger partial charge on any atom is 0.180 e. The summed E-state index contributed by atoms with van der Waals surface area (Å²) in [5, 5.41) is 6.10. The van der Waals surface area contributed by atoms with Gasteiger partial charge in [-0.05, 0) is 48.7 Å². The van der Waals surface area contributed by atoms with Crippen LogP contribution in [0.5, 0.6) is 0 Å². The van der Waals surface area contributed by atoms with Crippen LogP contribution >= 0.6 is 0 Å². The van der Waals surface area contributed by atoms with Crippen molar-refractivity contribution < 1.29 is 8.78 Å². The van der Waals surface area contributed by atoms with E-state index >= 15 is 0 Å². The fraction of sp³-hybridized carbons (Fsp3) is 0.182. The molecule has 4 aromatic rings. The number of anilines is 3. The minimum atomic E-state index is -0.494. The quantitative estimate of drug-likeness (QED) is 0.476. The lowest BCUT2D eigenvalue weighted by atomic mass is 10.0. The molecule has 0 aliphatic carbocycles. The molecule has 0 unspecified atom stereocenters. The van der Waals surface area contributed by atoms with Gasteiger partial charge in [0.25, 0.3) is 0 Å². The van der Waals surface area contributed by atoms with Crippen LogP contribution in [0, 0.1) is 19.7 Å². The summed E-state index contributed by atoms with van der Waals surface area (Å²) in [6, 6.07) is 9.03. The summed E-state index contributed by atoms with van der Waals surface area (Å²) in [6.45, 7) is 3.13. The van der Waals surface area contributed by atoms with Crippen molar-refractivity contribution in [1.82, 2.24) is 14.4 Å². The van der Waals surface area contributed by atoms with Gasteiger partial charge in [0.05, 0.1) is 17.6 Å². The maximum absolute atomic E-state index is 14.6. The third-order valence-electron chi connectivity index (χ3n) is 5.11. The Labute approximate surface area is 167 Å². The number of hydrogen-bond donors (Lipinski definition) is 2. The van der Waals surface area contributed by atoms with Gasteiger partial charge in [0.2, 0.25) is 0 Å². The lowest BCUT2D eigenvalue weighted by Crippen LogP contribution is -2.01. The van der Waals surface area contributed by atoms with E-state index in [-0.39, 0.29) is 5.82 Å². The summed E-state index contributed by atoms with van der Waals surface area (Å²) in [6.07, 6.45) is 5.17. The standard InChI is InChI=1S/C22H21F2N5/c1-13-10-16(5-4-15(13)11-23)28-21-22-27-12-19(29(22)9-8-26-21)17-6-7-18(25-3)20(24)14(17)2/h4-10,12,25H,11H2,1-3H3,(H,26,28). The number of imidazole rings is 1. The van der Waals surface area contributed by atoms with Gasteiger partial charge in [-0.2, -0.15) is 0 Å². The molecule has 2 N–H and O–H groups in total. The fourth-order valence-electron chi connectivity index (χ4n) is 3.42. The number of aromatic nitrogens is 3. The van der Waals surface area contributed by atoms with E-state index in [1.54, 1.807) is 44.7 Å². The van der Waals surface area contributed by atoms with E-state index in [0.717, 1.165) is 22.5 Å². The third-order valence-corrected chi connectivity index (χ3v) is 5.11. The molecule has 0 saturated carbocycles. The molecule has 2 aromatic heterocycles. The molecule has 0 bridgehead atoms. The van der Waals surface area contributed by atoms with Crippen LogP contribution in [0.25, 0.3) is 16.9 Å². The lowest BCUT2D eigenvalue weighted by molar-refractivity contribution is 0.483. The Morgan fingerprint density at radius 1 is 1.10 bits per heavy atom. The number of fused-ring (bicyclic) bond motifs is 1. The molecular weight excluding hydrogens is 372 g/mol. The Bertz CT molecular complexity index is 1200. The topological polar surface area (TPSA) is 54.2 Å². The molecule has 2 heterocycles. The van der Waals surface area contributed by atoms with Crippen LogP contribution in [0.3, 0.4) is 0 Å². The van der Waals surface area contributed by atoms with Crippen molar-refractivity contribution in [2.75, 3.05) is 17.7 Å². The minimum Gasteiger partial charge on any atom is -0.386 e. The average Bonchev–Trinajstić information content (AvgIpc) is 3.15. The predicted octanol–water partition coefficient (Wildman–Crippen LogP) is 5.41. The van der Waals surface area contributed by atoms with Crippen LogP contribution in [-0.4, -0.2) is 21.4 Å². The fourth-order valence-corrected chi connectivity index (χ4v) is 3.42. The second kappa shape index (κ2) is 7.50. The molecular formula is C22H21F2N5. The summed E-state index contributed by atoms with van der Waals surface area (Å²) >= 11 is 0. The Morgan fingerprint density at radius 3 is 2.66 bits per heavy atom. The lowest BCUT2D eigenvalue weighted by Gasteiger charge is -2.12. The zero-order valence-corrected chi connectivity index (χ0v) is 16.4. The number of nitrogens with zero attached hydrogens (tertiary/aromatic N) is 3. The monoisotopic (exact) mass is 393 g/mol. The van der Waals surface area contributed by atoms with Crippen LogP contribution in [0.15, 0.2) is 48.9 Å². The maximum atomic E-state index is 14.6. The number of hydrogen-bond acceptors (Lipinski definition) is 4. The van der Waals surface area contributed by atoms with E-state index in [9.17, 15) is 8.78 Å². The number of nitrogens with one attached hydrogen (secondary N) is 2. The molecule has 0 amide bonds. The highest BCUT2D eigenvalue weighted by atomic mass is 19.1. The Kier molecular flexibility index (Phi) is 4.88. The van der Waals surface area contributed by atoms with Gasteiger partial charge in [-0.3, -0.25) is 4.40 Å². The zero-order valence-electron chi connectivity index (χ0n) is 16.4. The van der Waals surface area contributed by atoms with Crippen LogP contribution < -0.4 is 10.6 Å². The molecule has 29 heavy (non-hydrogen) atoms. The van der Waals surface area contributed by atoms with Crippen molar-refractivity contribution in [3.63, 3.8) is 0 Å². The third kappa shape index (κ3) is 3.29. The Hall–Kier alpha value is -3.48. The summed E-state index contributed by atoms with van der Waals surface area (Å²) < 4.78 is 29.4. The van der Waals surface area contributed by atoms with Crippen molar-refractivity contribution >= 4 is 22.8 Å². The highest BCUT2D eigenvalue weighted by Gasteiger charge is 2.16. The molecule has 0 aliphatic heterocycles. The van der Waals surface area contributed by atoms with Gasteiger partial charge in [0.1, 0.15) is 12.5 Å². The number of halogens is 2. The van der Waals surface area contributed by atoms with E-state index in [2.05, 4.69) is 20.6 Å². The molecule has 0 atom stereocenters. The van der Waals surface area contributed by atoms with Crippen LogP contribution in [0.1, 0.15) is 16.7 Å². The first-order chi connectivity index (χ1) is 14.0. The summed E-state index contributed by atoms with van der Waals surface area (Å²) in [7, 11) is 1.69. The van der Waals surface area contributed by atoms with E-state index in [0.29, 0.717) is 28.3 Å². The molecule has 148 valence electrons. The largest absolute Gasteiger partial charge is 0.386 e. The molecule has 0 aliphatic rings. The van der Waals surface area contributed by atoms with Crippen LogP contribution in [0.2, 0.25) is 0 Å². The van der Waals surface area contributed by atoms with Gasteiger partial charge < -0.3 is 10.6 Å². The van der Waals surface area contributed by atoms with Crippen molar-refractivity contribution in [3.8, 4) is 11.3 Å². The number of rotatable bonds is 5. The summed E-state index contributed by atoms with van der Waals surface area (Å²) in [4.78, 5) is 8.90. The summed E-state index contributed by atoms with van der Waals surface area (Å²) in [5.41, 5.74) is 5.47. The number of alkyl halides is 1. The van der Waals surface area contributed by atoms with Crippen molar-refractivity contribution in [2.45, 2.75) is 20.5 Å². The molecule has 0 saturated heterocycles. The normalized spacial score (nSPS) is 11.1. The number of aryl methyl sites for hydroxylation is 1. The highest BCUT2D eigenvalue weighted by Crippen LogP contribution is 2.31. The average molecular weight is 393 g/mol. The highest BCUT2D eigenvalue weighted by molar-refractivity contribution is 5.76. The van der Waals surface area contributed by atoms with Gasteiger partial charge in [0.15, 0.2) is 11.5 Å². The van der Waals surface area contributed by atoms with E-state index < -0.39 is 6.67 Å². The van der Waals surface area contributed by atoms with Gasteiger partial charge >= 0.3 is 0 Å². The van der Waals surface area contributed by atoms with Gasteiger partial charge in [0, 0.05) is 30.7 Å². The molecule has 5 nitrogen and oxygen atoms in total. The van der Waals surface area contributed by atoms with Crippen molar-refractivity contribution in [3.05, 3.63) is 71.4 Å². The molecule has 7 heteroatoms. The van der Waals surface area contributed by atoms with Crippen molar-refractivity contribution in [1.29, 1.82) is 0 Å². The second-order valence-corrected chi connectivity index (χ2v) is 6.86. The second-order valence-electron chi connectivity index (χ2n) is 6.86. The zero-order chi connectivity index (χ0) is 20.5. The van der Waals surface area contributed by atoms with Gasteiger partial charge in [-0.15, -0.1) is 0 Å². The van der Waals surface area contributed by atoms with E-state index in [4.69, 9.17) is 0 Å². The first-order valence-corrected chi connectivity index (χ1v) is 9.25. The minimum absolute atomic E-state index is 0.282. The number of benzene rings is 2. The molecule has 4 rings (SSSR count). The predicted molar refractivity (Wildman–Crippen MR) is 112 cm³/mol. The van der Waals surface area contributed by atoms with E-state index in [1.807, 2.05) is 29.5 Å². The van der Waals surface area contributed by atoms with Crippen molar-refractivity contribution in [2.24, 2.45) is 0 Å². The van der Waals surface area contributed by atoms with Gasteiger partial charge in [-0.25, -0.2) is 18.7 Å². The Morgan fingerprint density at radius 2 is 1.93 bits per heavy atom. The SMILES string of the molecule is CNc1ccc(-c2cnc3c(Nc4ccc(CF)c(C)c4)nccn23)c(C)c1F. The van der Waals surface area contributed by atoms with E-state index in [1.165, 1.54) is 0 Å². The van der Waals surface area contributed by atoms with Gasteiger partial charge in [-0.1, -0.05) is 12.1 Å². The molecule has 0 fully saturated rings. The molecule has 2 aromatic carbocycles. The summed E-state index contributed by atoms with van der Waals surface area (Å²) in [5.74, 6) is 0.284. The molecule has 0 radical (unpaired) electrons. The smallest absolute Gasteiger partial charge is 0.180 e. The first kappa shape index (κ1) is 18.9. The Balaban J connectivity index is 1.76. The van der Waals surface area contributed by atoms with Crippen LogP contribution in [-0.2, 0) is 6.67 Å². The van der Waals surface area contributed by atoms with Crippen LogP contribution in [0.4, 0.5) is 26.0 Å². The first-order valence-electron chi connectivity index (χ1n) is 9.25.